The molecule has 1 N–H and O–H groups in total. The Bertz CT molecular complexity index is 840. The number of hydrogen-bond donors (Lipinski definition) is 1. The molecule has 7 heteroatoms. The van der Waals surface area contributed by atoms with Gasteiger partial charge in [0.2, 0.25) is 11.8 Å². The van der Waals surface area contributed by atoms with Crippen molar-refractivity contribution in [3.05, 3.63) is 40.2 Å². The van der Waals surface area contributed by atoms with E-state index in [1.165, 1.54) is 0 Å². The molecular weight excluding hydrogens is 434 g/mol. The molecule has 0 spiro atoms. The summed E-state index contributed by atoms with van der Waals surface area (Å²) in [7, 11) is 0. The van der Waals surface area contributed by atoms with Gasteiger partial charge in [0.15, 0.2) is 0 Å². The van der Waals surface area contributed by atoms with Crippen molar-refractivity contribution in [2.75, 3.05) is 26.2 Å². The fourth-order valence-electron chi connectivity index (χ4n) is 4.05. The summed E-state index contributed by atoms with van der Waals surface area (Å²) in [5, 5.41) is 3.08. The van der Waals surface area contributed by atoms with Gasteiger partial charge in [-0.05, 0) is 63.9 Å². The van der Waals surface area contributed by atoms with Crippen molar-refractivity contribution in [1.82, 2.24) is 15.2 Å². The molecule has 2 fully saturated rings. The number of aromatic nitrogens is 1. The van der Waals surface area contributed by atoms with Crippen LogP contribution in [0.2, 0.25) is 0 Å². The highest BCUT2D eigenvalue weighted by Crippen LogP contribution is 2.26. The quantitative estimate of drug-likeness (QED) is 0.705. The summed E-state index contributed by atoms with van der Waals surface area (Å²) < 4.78 is 12.5. The molecule has 0 saturated carbocycles. The molecule has 0 aliphatic carbocycles. The van der Waals surface area contributed by atoms with E-state index in [1.54, 1.807) is 0 Å². The first-order valence-corrected chi connectivity index (χ1v) is 11.2. The number of aryl methyl sites for hydroxylation is 1. The molecule has 1 aromatic carbocycles. The molecule has 0 radical (unpaired) electrons. The Kier molecular flexibility index (Phi) is 6.67. The predicted octanol–water partition coefficient (Wildman–Crippen LogP) is 3.92. The third kappa shape index (κ3) is 5.27. The Hall–Kier alpha value is -1.70. The van der Waals surface area contributed by atoms with Gasteiger partial charge in [0, 0.05) is 35.7 Å². The first-order chi connectivity index (χ1) is 14.1. The second-order valence-electron chi connectivity index (χ2n) is 7.96. The summed E-state index contributed by atoms with van der Waals surface area (Å²) in [5.41, 5.74) is 1.94. The van der Waals surface area contributed by atoms with Crippen molar-refractivity contribution < 1.29 is 13.9 Å². The van der Waals surface area contributed by atoms with E-state index in [-0.39, 0.29) is 17.9 Å². The number of benzene rings is 1. The summed E-state index contributed by atoms with van der Waals surface area (Å²) in [4.78, 5) is 19.5. The molecule has 1 amide bonds. The predicted molar refractivity (Wildman–Crippen MR) is 114 cm³/mol. The summed E-state index contributed by atoms with van der Waals surface area (Å²) in [6, 6.07) is 7.98. The molecule has 4 rings (SSSR count). The molecule has 6 nitrogen and oxygen atoms in total. The van der Waals surface area contributed by atoms with Crippen molar-refractivity contribution in [3.8, 4) is 11.5 Å². The van der Waals surface area contributed by atoms with Crippen molar-refractivity contribution in [2.45, 2.75) is 45.3 Å². The molecule has 156 valence electrons. The van der Waals surface area contributed by atoms with Crippen LogP contribution in [0.3, 0.4) is 0 Å². The number of piperidine rings is 1. The van der Waals surface area contributed by atoms with Gasteiger partial charge in [-0.1, -0.05) is 22.0 Å². The van der Waals surface area contributed by atoms with Gasteiger partial charge in [-0.15, -0.1) is 0 Å². The third-order valence-corrected chi connectivity index (χ3v) is 6.32. The van der Waals surface area contributed by atoms with Crippen molar-refractivity contribution >= 4 is 21.8 Å². The van der Waals surface area contributed by atoms with Gasteiger partial charge in [0.05, 0.1) is 11.8 Å². The highest BCUT2D eigenvalue weighted by Gasteiger charge is 2.27. The topological polar surface area (TPSA) is 67.6 Å². The molecule has 3 heterocycles. The molecule has 29 heavy (non-hydrogen) atoms. The van der Waals surface area contributed by atoms with Crippen LogP contribution in [-0.2, 0) is 16.1 Å². The van der Waals surface area contributed by atoms with E-state index < -0.39 is 0 Å². The maximum absolute atomic E-state index is 12.4. The van der Waals surface area contributed by atoms with E-state index >= 15 is 0 Å². The number of nitrogens with one attached hydrogen (secondary N) is 1. The Morgan fingerprint density at radius 3 is 2.86 bits per heavy atom. The Labute approximate surface area is 180 Å². The van der Waals surface area contributed by atoms with Gasteiger partial charge >= 0.3 is 0 Å². The summed E-state index contributed by atoms with van der Waals surface area (Å²) >= 11 is 3.49. The standard InChI is InChI=1S/C22H28BrN3O3/c1-15-20(25-22(29-15)17-4-2-5-18(23)12-17)14-26-9-7-16(8-10-26)21(27)24-13-19-6-3-11-28-19/h2,4-5,12,16,19H,3,6-11,13-14H2,1H3,(H,24,27). The number of rotatable bonds is 6. The van der Waals surface area contributed by atoms with Crippen molar-refractivity contribution in [1.29, 1.82) is 0 Å². The zero-order chi connectivity index (χ0) is 20.2. The number of oxazole rings is 1. The largest absolute Gasteiger partial charge is 0.441 e. The number of likely N-dealkylation sites (tertiary alicyclic amines) is 1. The summed E-state index contributed by atoms with van der Waals surface area (Å²) in [6.07, 6.45) is 4.12. The van der Waals surface area contributed by atoms with E-state index in [9.17, 15) is 4.79 Å². The average molecular weight is 462 g/mol. The number of ether oxygens (including phenoxy) is 1. The smallest absolute Gasteiger partial charge is 0.226 e. The van der Waals surface area contributed by atoms with Crippen molar-refractivity contribution in [3.63, 3.8) is 0 Å². The second-order valence-corrected chi connectivity index (χ2v) is 8.88. The highest BCUT2D eigenvalue weighted by molar-refractivity contribution is 9.10. The minimum Gasteiger partial charge on any atom is -0.441 e. The van der Waals surface area contributed by atoms with Crippen LogP contribution in [-0.4, -0.2) is 48.1 Å². The Morgan fingerprint density at radius 1 is 1.31 bits per heavy atom. The number of nitrogens with zero attached hydrogens (tertiary/aromatic N) is 2. The van der Waals surface area contributed by atoms with Gasteiger partial charge in [-0.2, -0.15) is 0 Å². The fraction of sp³-hybridized carbons (Fsp3) is 0.545. The van der Waals surface area contributed by atoms with E-state index in [2.05, 4.69) is 26.1 Å². The SMILES string of the molecule is Cc1oc(-c2cccc(Br)c2)nc1CN1CCC(C(=O)NCC2CCCO2)CC1. The third-order valence-electron chi connectivity index (χ3n) is 5.82. The van der Waals surface area contributed by atoms with Crippen LogP contribution in [0, 0.1) is 12.8 Å². The second kappa shape index (κ2) is 9.41. The molecule has 1 atom stereocenters. The molecule has 2 aliphatic heterocycles. The van der Waals surface area contributed by atoms with Gasteiger partial charge in [0.1, 0.15) is 5.76 Å². The number of carbonyl (C=O) groups is 1. The van der Waals surface area contributed by atoms with Crippen LogP contribution in [0.1, 0.15) is 37.1 Å². The average Bonchev–Trinajstić information content (AvgIpc) is 3.37. The lowest BCUT2D eigenvalue weighted by Crippen LogP contribution is -2.42. The number of amides is 1. The van der Waals surface area contributed by atoms with E-state index in [0.29, 0.717) is 12.4 Å². The molecule has 2 aliphatic rings. The first-order valence-electron chi connectivity index (χ1n) is 10.4. The normalized spacial score (nSPS) is 20.8. The van der Waals surface area contributed by atoms with Gasteiger partial charge in [-0.3, -0.25) is 9.69 Å². The first kappa shape index (κ1) is 20.6. The Morgan fingerprint density at radius 2 is 2.14 bits per heavy atom. The van der Waals surface area contributed by atoms with Gasteiger partial charge in [0.25, 0.3) is 0 Å². The molecule has 2 aromatic rings. The van der Waals surface area contributed by atoms with Crippen LogP contribution < -0.4 is 5.32 Å². The van der Waals surface area contributed by atoms with E-state index in [0.717, 1.165) is 73.4 Å². The molecule has 1 aromatic heterocycles. The minimum atomic E-state index is 0.100. The molecule has 2 saturated heterocycles. The number of halogens is 1. The monoisotopic (exact) mass is 461 g/mol. The maximum atomic E-state index is 12.4. The Balaban J connectivity index is 1.28. The fourth-order valence-corrected chi connectivity index (χ4v) is 4.45. The lowest BCUT2D eigenvalue weighted by Gasteiger charge is -2.31. The van der Waals surface area contributed by atoms with Crippen molar-refractivity contribution in [2.24, 2.45) is 5.92 Å². The van der Waals surface area contributed by atoms with Crippen LogP contribution in [0.5, 0.6) is 0 Å². The van der Waals surface area contributed by atoms with Crippen LogP contribution in [0.25, 0.3) is 11.5 Å². The van der Waals surface area contributed by atoms with Gasteiger partial charge in [-0.25, -0.2) is 4.98 Å². The highest BCUT2D eigenvalue weighted by atomic mass is 79.9. The summed E-state index contributed by atoms with van der Waals surface area (Å²) in [5.74, 6) is 1.79. The summed E-state index contributed by atoms with van der Waals surface area (Å²) in [6.45, 7) is 6.00. The lowest BCUT2D eigenvalue weighted by atomic mass is 9.95. The zero-order valence-corrected chi connectivity index (χ0v) is 18.4. The van der Waals surface area contributed by atoms with Crippen LogP contribution >= 0.6 is 15.9 Å². The zero-order valence-electron chi connectivity index (χ0n) is 16.8. The maximum Gasteiger partial charge on any atom is 0.226 e. The molecular formula is C22H28BrN3O3. The van der Waals surface area contributed by atoms with E-state index in [4.69, 9.17) is 14.1 Å². The number of carbonyl (C=O) groups excluding carboxylic acids is 1. The van der Waals surface area contributed by atoms with Crippen LogP contribution in [0.4, 0.5) is 0 Å². The van der Waals surface area contributed by atoms with Crippen LogP contribution in [0.15, 0.2) is 33.2 Å². The van der Waals surface area contributed by atoms with Gasteiger partial charge < -0.3 is 14.5 Å². The number of hydrogen-bond acceptors (Lipinski definition) is 5. The molecule has 0 bridgehead atoms. The lowest BCUT2D eigenvalue weighted by molar-refractivity contribution is -0.127. The van der Waals surface area contributed by atoms with E-state index in [1.807, 2.05) is 31.2 Å². The minimum absolute atomic E-state index is 0.100. The molecule has 1 unspecified atom stereocenters.